The number of amides is 2. The number of hydrogen-bond acceptors (Lipinski definition) is 4. The highest BCUT2D eigenvalue weighted by Gasteiger charge is 2.15. The molecule has 1 rings (SSSR count). The summed E-state index contributed by atoms with van der Waals surface area (Å²) < 4.78 is 0. The van der Waals surface area contributed by atoms with Gasteiger partial charge in [-0.2, -0.15) is 0 Å². The van der Waals surface area contributed by atoms with Gasteiger partial charge in [0.25, 0.3) is 0 Å². The Morgan fingerprint density at radius 3 is 2.57 bits per heavy atom. The molecular formula is C14H20N2O4S. The van der Waals surface area contributed by atoms with Crippen LogP contribution in [0.5, 0.6) is 0 Å². The topological polar surface area (TPSA) is 95.5 Å². The largest absolute Gasteiger partial charge is 0.478 e. The Balaban J connectivity index is 2.31. The number of carbonyl (C=O) groups is 3. The number of carboxylic acids is 1. The van der Waals surface area contributed by atoms with Gasteiger partial charge in [-0.05, 0) is 25.8 Å². The molecule has 0 fully saturated rings. The van der Waals surface area contributed by atoms with E-state index in [0.29, 0.717) is 24.4 Å². The van der Waals surface area contributed by atoms with Gasteiger partial charge in [0, 0.05) is 24.8 Å². The summed E-state index contributed by atoms with van der Waals surface area (Å²) in [5.41, 5.74) is 0.136. The fourth-order valence-electron chi connectivity index (χ4n) is 1.81. The van der Waals surface area contributed by atoms with E-state index in [1.165, 1.54) is 18.3 Å². The maximum Gasteiger partial charge on any atom is 0.338 e. The second-order valence-electron chi connectivity index (χ2n) is 4.75. The van der Waals surface area contributed by atoms with Crippen molar-refractivity contribution in [2.45, 2.75) is 39.5 Å². The zero-order valence-electron chi connectivity index (χ0n) is 12.2. The Bertz CT molecular complexity index is 525. The van der Waals surface area contributed by atoms with Gasteiger partial charge < -0.3 is 15.7 Å². The van der Waals surface area contributed by atoms with Gasteiger partial charge >= 0.3 is 5.97 Å². The number of unbranched alkanes of at least 4 members (excludes halogenated alkanes) is 2. The fraction of sp³-hybridized carbons (Fsp3) is 0.500. The van der Waals surface area contributed by atoms with E-state index in [9.17, 15) is 14.4 Å². The van der Waals surface area contributed by atoms with Crippen LogP contribution < -0.4 is 10.6 Å². The molecule has 0 aliphatic carbocycles. The summed E-state index contributed by atoms with van der Waals surface area (Å²) in [5, 5.41) is 14.8. The summed E-state index contributed by atoms with van der Waals surface area (Å²) in [6.45, 7) is 3.88. The number of carbonyl (C=O) groups excluding carboxylic acids is 2. The van der Waals surface area contributed by atoms with Crippen molar-refractivity contribution >= 4 is 34.1 Å². The fourth-order valence-corrected chi connectivity index (χ4v) is 2.73. The highest BCUT2D eigenvalue weighted by Crippen LogP contribution is 2.27. The molecule has 0 saturated heterocycles. The van der Waals surface area contributed by atoms with Gasteiger partial charge in [0.1, 0.15) is 5.00 Å². The van der Waals surface area contributed by atoms with Crippen LogP contribution in [0.2, 0.25) is 0 Å². The summed E-state index contributed by atoms with van der Waals surface area (Å²) in [5.74, 6) is -1.27. The maximum absolute atomic E-state index is 11.8. The van der Waals surface area contributed by atoms with Crippen LogP contribution in [0, 0.1) is 6.92 Å². The number of rotatable bonds is 8. The molecule has 6 nitrogen and oxygen atoms in total. The molecule has 0 radical (unpaired) electrons. The number of aromatic carboxylic acids is 1. The number of thiophene rings is 1. The maximum atomic E-state index is 11.8. The van der Waals surface area contributed by atoms with Gasteiger partial charge in [-0.15, -0.1) is 11.3 Å². The average molecular weight is 312 g/mol. The molecule has 1 aromatic rings. The lowest BCUT2D eigenvalue weighted by molar-refractivity contribution is -0.119. The zero-order valence-corrected chi connectivity index (χ0v) is 13.0. The molecule has 0 saturated carbocycles. The minimum atomic E-state index is -1.04. The normalized spacial score (nSPS) is 10.2. The van der Waals surface area contributed by atoms with E-state index in [0.717, 1.165) is 17.7 Å². The first-order valence-corrected chi connectivity index (χ1v) is 7.60. The summed E-state index contributed by atoms with van der Waals surface area (Å²) in [4.78, 5) is 34.3. The van der Waals surface area contributed by atoms with E-state index in [1.54, 1.807) is 13.0 Å². The molecule has 21 heavy (non-hydrogen) atoms. The molecule has 116 valence electrons. The highest BCUT2D eigenvalue weighted by molar-refractivity contribution is 7.16. The number of hydrogen-bond donors (Lipinski definition) is 3. The molecule has 0 unspecified atom stereocenters. The quantitative estimate of drug-likeness (QED) is 0.642. The van der Waals surface area contributed by atoms with E-state index in [2.05, 4.69) is 10.6 Å². The molecule has 1 aromatic heterocycles. The van der Waals surface area contributed by atoms with Crippen LogP contribution in [0.4, 0.5) is 5.00 Å². The smallest absolute Gasteiger partial charge is 0.338 e. The third-order valence-electron chi connectivity index (χ3n) is 2.79. The van der Waals surface area contributed by atoms with Crippen molar-refractivity contribution in [3.05, 3.63) is 16.5 Å². The van der Waals surface area contributed by atoms with E-state index >= 15 is 0 Å². The van der Waals surface area contributed by atoms with Crippen molar-refractivity contribution < 1.29 is 19.5 Å². The lowest BCUT2D eigenvalue weighted by atomic mass is 10.2. The average Bonchev–Trinajstić information content (AvgIpc) is 2.74. The summed E-state index contributed by atoms with van der Waals surface area (Å²) in [6.07, 6.45) is 2.71. The van der Waals surface area contributed by atoms with E-state index in [1.807, 2.05) is 0 Å². The van der Waals surface area contributed by atoms with Crippen LogP contribution in [0.3, 0.4) is 0 Å². The Labute approximate surface area is 127 Å². The van der Waals surface area contributed by atoms with E-state index < -0.39 is 5.97 Å². The SMILES string of the molecule is CC(=O)NCCCCCC(=O)Nc1sc(C)cc1C(=O)O. The molecule has 2 amide bonds. The molecule has 3 N–H and O–H groups in total. The zero-order chi connectivity index (χ0) is 15.8. The molecule has 0 aliphatic rings. The van der Waals surface area contributed by atoms with Gasteiger partial charge in [0.2, 0.25) is 11.8 Å². The minimum absolute atomic E-state index is 0.0537. The standard InChI is InChI=1S/C14H20N2O4S/c1-9-8-11(14(19)20)13(21-9)16-12(18)6-4-3-5-7-15-10(2)17/h8H,3-7H2,1-2H3,(H,15,17)(H,16,18)(H,19,20). The predicted molar refractivity (Wildman–Crippen MR) is 81.8 cm³/mol. The Kier molecular flexibility index (Phi) is 6.87. The van der Waals surface area contributed by atoms with Crippen molar-refractivity contribution in [1.82, 2.24) is 5.32 Å². The summed E-state index contributed by atoms with van der Waals surface area (Å²) in [7, 11) is 0. The minimum Gasteiger partial charge on any atom is -0.478 e. The number of carboxylic acid groups (broad SMARTS) is 1. The predicted octanol–water partition coefficient (Wildman–Crippen LogP) is 2.39. The first-order chi connectivity index (χ1) is 9.90. The number of anilines is 1. The highest BCUT2D eigenvalue weighted by atomic mass is 32.1. The van der Waals surface area contributed by atoms with Crippen LogP contribution in [0.15, 0.2) is 6.07 Å². The molecule has 0 bridgehead atoms. The second-order valence-corrected chi connectivity index (χ2v) is 6.00. The van der Waals surface area contributed by atoms with Crippen LogP contribution in [0.25, 0.3) is 0 Å². The molecule has 0 aliphatic heterocycles. The third kappa shape index (κ3) is 6.40. The number of nitrogens with one attached hydrogen (secondary N) is 2. The van der Waals surface area contributed by atoms with Crippen molar-refractivity contribution in [2.75, 3.05) is 11.9 Å². The Morgan fingerprint density at radius 2 is 1.95 bits per heavy atom. The first-order valence-electron chi connectivity index (χ1n) is 6.78. The Hall–Kier alpha value is -1.89. The Morgan fingerprint density at radius 1 is 1.24 bits per heavy atom. The summed E-state index contributed by atoms with van der Waals surface area (Å²) >= 11 is 1.26. The molecule has 7 heteroatoms. The van der Waals surface area contributed by atoms with Crippen LogP contribution in [-0.4, -0.2) is 29.4 Å². The lowest BCUT2D eigenvalue weighted by Gasteiger charge is -2.05. The van der Waals surface area contributed by atoms with Crippen molar-refractivity contribution in [1.29, 1.82) is 0 Å². The molecule has 0 aromatic carbocycles. The molecule has 0 spiro atoms. The van der Waals surface area contributed by atoms with Crippen molar-refractivity contribution in [2.24, 2.45) is 0 Å². The first kappa shape index (κ1) is 17.2. The van der Waals surface area contributed by atoms with Gasteiger partial charge in [-0.25, -0.2) is 4.79 Å². The lowest BCUT2D eigenvalue weighted by Crippen LogP contribution is -2.20. The van der Waals surface area contributed by atoms with Gasteiger partial charge in [-0.3, -0.25) is 9.59 Å². The monoisotopic (exact) mass is 312 g/mol. The molecular weight excluding hydrogens is 292 g/mol. The van der Waals surface area contributed by atoms with Crippen LogP contribution >= 0.6 is 11.3 Å². The van der Waals surface area contributed by atoms with Gasteiger partial charge in [0.15, 0.2) is 0 Å². The number of aryl methyl sites for hydroxylation is 1. The molecule has 1 heterocycles. The van der Waals surface area contributed by atoms with E-state index in [4.69, 9.17) is 5.11 Å². The molecule has 0 atom stereocenters. The second kappa shape index (κ2) is 8.41. The van der Waals surface area contributed by atoms with Gasteiger partial charge in [-0.1, -0.05) is 6.42 Å². The van der Waals surface area contributed by atoms with Gasteiger partial charge in [0.05, 0.1) is 5.56 Å². The third-order valence-corrected chi connectivity index (χ3v) is 3.76. The van der Waals surface area contributed by atoms with E-state index in [-0.39, 0.29) is 17.4 Å². The van der Waals surface area contributed by atoms with Crippen molar-refractivity contribution in [3.8, 4) is 0 Å². The van der Waals surface area contributed by atoms with Crippen LogP contribution in [-0.2, 0) is 9.59 Å². The summed E-state index contributed by atoms with van der Waals surface area (Å²) in [6, 6.07) is 1.55. The van der Waals surface area contributed by atoms with Crippen LogP contribution in [0.1, 0.15) is 47.8 Å². The van der Waals surface area contributed by atoms with Crippen molar-refractivity contribution in [3.63, 3.8) is 0 Å².